The third kappa shape index (κ3) is 6.19. The van der Waals surface area contributed by atoms with Gasteiger partial charge in [-0.25, -0.2) is 0 Å². The first kappa shape index (κ1) is 20.0. The molecule has 0 aliphatic rings. The molecule has 2 N–H and O–H groups in total. The van der Waals surface area contributed by atoms with Crippen LogP contribution in [-0.2, 0) is 17.6 Å². The first-order valence-electron chi connectivity index (χ1n) is 8.85. The highest BCUT2D eigenvalue weighted by Crippen LogP contribution is 2.26. The standard InChI is InChI=1S/C14H13NO.C9H12O2/c16-11-15-14-9-5-4-8-13(14)10-12-6-2-1-3-7-12;1-3-7-4-5-8(10)9(6-7)11-2/h1-9,11H,10H2,(H,15,16);4-6,10H,3H2,1-2H3. The zero-order valence-corrected chi connectivity index (χ0v) is 15.7. The molecule has 0 aliphatic heterocycles. The summed E-state index contributed by atoms with van der Waals surface area (Å²) in [4.78, 5) is 10.5. The number of aromatic hydroxyl groups is 1. The maximum absolute atomic E-state index is 10.5. The molecular formula is C23H25NO3. The number of para-hydroxylation sites is 1. The molecule has 4 nitrogen and oxygen atoms in total. The van der Waals surface area contributed by atoms with Crippen LogP contribution in [0.5, 0.6) is 11.5 Å². The van der Waals surface area contributed by atoms with Gasteiger partial charge < -0.3 is 15.2 Å². The Morgan fingerprint density at radius 2 is 1.67 bits per heavy atom. The minimum Gasteiger partial charge on any atom is -0.504 e. The van der Waals surface area contributed by atoms with Crippen molar-refractivity contribution in [1.82, 2.24) is 0 Å². The van der Waals surface area contributed by atoms with E-state index in [9.17, 15) is 9.90 Å². The highest BCUT2D eigenvalue weighted by atomic mass is 16.5. The monoisotopic (exact) mass is 363 g/mol. The number of carbonyl (C=O) groups excluding carboxylic acids is 1. The van der Waals surface area contributed by atoms with Crippen molar-refractivity contribution in [2.24, 2.45) is 0 Å². The molecule has 0 heterocycles. The van der Waals surface area contributed by atoms with E-state index in [1.807, 2.05) is 54.6 Å². The van der Waals surface area contributed by atoms with Gasteiger partial charge in [-0.2, -0.15) is 0 Å². The van der Waals surface area contributed by atoms with Crippen LogP contribution in [0.3, 0.4) is 0 Å². The van der Waals surface area contributed by atoms with Gasteiger partial charge in [0, 0.05) is 5.69 Å². The molecule has 0 saturated carbocycles. The SMILES string of the molecule is CCc1ccc(O)c(OC)c1.O=CNc1ccccc1Cc1ccccc1. The second-order valence-corrected chi connectivity index (χ2v) is 5.94. The van der Waals surface area contributed by atoms with Gasteiger partial charge in [0.2, 0.25) is 6.41 Å². The number of phenols is 1. The van der Waals surface area contributed by atoms with E-state index >= 15 is 0 Å². The van der Waals surface area contributed by atoms with Crippen molar-refractivity contribution in [1.29, 1.82) is 0 Å². The molecular weight excluding hydrogens is 338 g/mol. The minimum absolute atomic E-state index is 0.199. The topological polar surface area (TPSA) is 58.6 Å². The Kier molecular flexibility index (Phi) is 7.92. The molecule has 3 aromatic carbocycles. The number of anilines is 1. The Balaban J connectivity index is 0.000000208. The lowest BCUT2D eigenvalue weighted by atomic mass is 10.0. The summed E-state index contributed by atoms with van der Waals surface area (Å²) in [5.74, 6) is 0.744. The van der Waals surface area contributed by atoms with Crippen LogP contribution < -0.4 is 10.1 Å². The molecule has 0 atom stereocenters. The lowest BCUT2D eigenvalue weighted by Crippen LogP contribution is -1.99. The van der Waals surface area contributed by atoms with Crippen molar-refractivity contribution in [3.05, 3.63) is 89.5 Å². The fraction of sp³-hybridized carbons (Fsp3) is 0.174. The molecule has 0 saturated heterocycles. The van der Waals surface area contributed by atoms with Crippen molar-refractivity contribution >= 4 is 12.1 Å². The number of methoxy groups -OCH3 is 1. The lowest BCUT2D eigenvalue weighted by molar-refractivity contribution is -0.105. The van der Waals surface area contributed by atoms with Crippen LogP contribution in [0.2, 0.25) is 0 Å². The van der Waals surface area contributed by atoms with Crippen LogP contribution >= 0.6 is 0 Å². The smallest absolute Gasteiger partial charge is 0.211 e. The van der Waals surface area contributed by atoms with E-state index in [2.05, 4.69) is 24.4 Å². The number of benzene rings is 3. The van der Waals surface area contributed by atoms with Gasteiger partial charge in [-0.1, -0.05) is 61.5 Å². The van der Waals surface area contributed by atoms with Crippen LogP contribution in [0.1, 0.15) is 23.6 Å². The van der Waals surface area contributed by atoms with Crippen molar-refractivity contribution in [2.45, 2.75) is 19.8 Å². The maximum atomic E-state index is 10.5. The van der Waals surface area contributed by atoms with Crippen LogP contribution in [0.4, 0.5) is 5.69 Å². The van der Waals surface area contributed by atoms with E-state index in [0.29, 0.717) is 12.2 Å². The van der Waals surface area contributed by atoms with Crippen LogP contribution in [0, 0.1) is 0 Å². The zero-order chi connectivity index (χ0) is 19.5. The number of amides is 1. The van der Waals surface area contributed by atoms with Gasteiger partial charge in [-0.05, 0) is 47.7 Å². The molecule has 27 heavy (non-hydrogen) atoms. The van der Waals surface area contributed by atoms with Gasteiger partial charge in [-0.3, -0.25) is 4.79 Å². The minimum atomic E-state index is 0.199. The van der Waals surface area contributed by atoms with Crippen molar-refractivity contribution < 1.29 is 14.6 Å². The predicted octanol–water partition coefficient (Wildman–Crippen LogP) is 4.81. The van der Waals surface area contributed by atoms with Gasteiger partial charge in [0.25, 0.3) is 0 Å². The second-order valence-electron chi connectivity index (χ2n) is 5.94. The summed E-state index contributed by atoms with van der Waals surface area (Å²) in [5, 5.41) is 11.9. The number of nitrogens with one attached hydrogen (secondary N) is 1. The van der Waals surface area contributed by atoms with Crippen molar-refractivity contribution in [3.8, 4) is 11.5 Å². The van der Waals surface area contributed by atoms with E-state index in [1.54, 1.807) is 13.2 Å². The largest absolute Gasteiger partial charge is 0.504 e. The Morgan fingerprint density at radius 3 is 2.33 bits per heavy atom. The van der Waals surface area contributed by atoms with E-state index in [-0.39, 0.29) is 5.75 Å². The molecule has 0 spiro atoms. The number of rotatable bonds is 6. The summed E-state index contributed by atoms with van der Waals surface area (Å²) >= 11 is 0. The fourth-order valence-corrected chi connectivity index (χ4v) is 2.64. The second kappa shape index (κ2) is 10.7. The molecule has 1 amide bonds. The predicted molar refractivity (Wildman–Crippen MR) is 109 cm³/mol. The first-order chi connectivity index (χ1) is 13.2. The van der Waals surface area contributed by atoms with E-state index in [4.69, 9.17) is 4.74 Å². The van der Waals surface area contributed by atoms with E-state index in [1.165, 1.54) is 11.1 Å². The van der Waals surface area contributed by atoms with Gasteiger partial charge in [-0.15, -0.1) is 0 Å². The summed E-state index contributed by atoms with van der Waals surface area (Å²) in [6.45, 7) is 2.06. The average Bonchev–Trinajstić information content (AvgIpc) is 2.71. The summed E-state index contributed by atoms with van der Waals surface area (Å²) in [7, 11) is 1.55. The number of phenolic OH excluding ortho intramolecular Hbond substituents is 1. The molecule has 140 valence electrons. The van der Waals surface area contributed by atoms with E-state index < -0.39 is 0 Å². The van der Waals surface area contributed by atoms with Gasteiger partial charge in [0.15, 0.2) is 11.5 Å². The van der Waals surface area contributed by atoms with Crippen molar-refractivity contribution in [2.75, 3.05) is 12.4 Å². The van der Waals surface area contributed by atoms with Crippen LogP contribution in [0.25, 0.3) is 0 Å². The Morgan fingerprint density at radius 1 is 0.963 bits per heavy atom. The van der Waals surface area contributed by atoms with Gasteiger partial charge >= 0.3 is 0 Å². The molecule has 0 radical (unpaired) electrons. The number of aryl methyl sites for hydroxylation is 1. The Bertz CT molecular complexity index is 847. The number of hydrogen-bond donors (Lipinski definition) is 2. The molecule has 0 aromatic heterocycles. The average molecular weight is 363 g/mol. The number of ether oxygens (including phenoxy) is 1. The number of hydrogen-bond acceptors (Lipinski definition) is 3. The zero-order valence-electron chi connectivity index (χ0n) is 15.7. The third-order valence-corrected chi connectivity index (χ3v) is 4.12. The van der Waals surface area contributed by atoms with Gasteiger partial charge in [0.05, 0.1) is 7.11 Å². The third-order valence-electron chi connectivity index (χ3n) is 4.12. The van der Waals surface area contributed by atoms with Crippen LogP contribution in [0.15, 0.2) is 72.8 Å². The summed E-state index contributed by atoms with van der Waals surface area (Å²) in [6, 6.07) is 23.4. The molecule has 4 heteroatoms. The fourth-order valence-electron chi connectivity index (χ4n) is 2.64. The van der Waals surface area contributed by atoms with Crippen LogP contribution in [-0.4, -0.2) is 18.6 Å². The molecule has 3 aromatic rings. The van der Waals surface area contributed by atoms with Crippen molar-refractivity contribution in [3.63, 3.8) is 0 Å². The summed E-state index contributed by atoms with van der Waals surface area (Å²) < 4.78 is 4.94. The Hall–Kier alpha value is -3.27. The quantitative estimate of drug-likeness (QED) is 0.618. The summed E-state index contributed by atoms with van der Waals surface area (Å²) in [6.07, 6.45) is 2.50. The summed E-state index contributed by atoms with van der Waals surface area (Å²) in [5.41, 5.74) is 4.41. The molecule has 0 aliphatic carbocycles. The van der Waals surface area contributed by atoms with E-state index in [0.717, 1.165) is 24.1 Å². The number of carbonyl (C=O) groups is 1. The highest BCUT2D eigenvalue weighted by Gasteiger charge is 2.01. The molecule has 0 unspecified atom stereocenters. The normalized spacial score (nSPS) is 9.70. The Labute approximate surface area is 160 Å². The molecule has 3 rings (SSSR count). The lowest BCUT2D eigenvalue weighted by Gasteiger charge is -2.07. The molecule has 0 bridgehead atoms. The first-order valence-corrected chi connectivity index (χ1v) is 8.85. The maximum Gasteiger partial charge on any atom is 0.211 e. The molecule has 0 fully saturated rings. The van der Waals surface area contributed by atoms with Gasteiger partial charge in [0.1, 0.15) is 0 Å². The highest BCUT2D eigenvalue weighted by molar-refractivity contribution is 5.73.